The van der Waals surface area contributed by atoms with Gasteiger partial charge in [-0.25, -0.2) is 9.59 Å². The van der Waals surface area contributed by atoms with Crippen molar-refractivity contribution in [1.82, 2.24) is 10.2 Å². The van der Waals surface area contributed by atoms with E-state index in [1.165, 1.54) is 0 Å². The zero-order chi connectivity index (χ0) is 21.5. The van der Waals surface area contributed by atoms with Gasteiger partial charge in [0.1, 0.15) is 11.2 Å². The van der Waals surface area contributed by atoms with Gasteiger partial charge >= 0.3 is 18.2 Å². The van der Waals surface area contributed by atoms with E-state index in [-0.39, 0.29) is 18.3 Å². The second-order valence-electron chi connectivity index (χ2n) is 8.91. The van der Waals surface area contributed by atoms with Crippen LogP contribution in [-0.2, 0) is 14.3 Å². The molecule has 28 heavy (non-hydrogen) atoms. The van der Waals surface area contributed by atoms with E-state index in [1.807, 2.05) is 0 Å². The summed E-state index contributed by atoms with van der Waals surface area (Å²) in [5, 5.41) is 11.4. The first-order valence-corrected chi connectivity index (χ1v) is 9.53. The third kappa shape index (κ3) is 10.1. The van der Waals surface area contributed by atoms with E-state index in [9.17, 15) is 14.4 Å². The number of hydrogen-bond acceptors (Lipinski definition) is 5. The number of guanidine groups is 1. The number of likely N-dealkylation sites (tertiary alicyclic amines) is 1. The largest absolute Gasteiger partial charge is 0.481 e. The summed E-state index contributed by atoms with van der Waals surface area (Å²) in [6, 6.07) is 0. The van der Waals surface area contributed by atoms with E-state index < -0.39 is 29.4 Å². The Balaban J connectivity index is 2.82. The van der Waals surface area contributed by atoms with Gasteiger partial charge in [-0.15, -0.1) is 4.99 Å². The number of alkyl carbamates (subject to hydrolysis) is 1. The van der Waals surface area contributed by atoms with Crippen molar-refractivity contribution in [2.75, 3.05) is 13.1 Å². The molecule has 160 valence electrons. The summed E-state index contributed by atoms with van der Waals surface area (Å²) >= 11 is 0. The highest BCUT2D eigenvalue weighted by Gasteiger charge is 2.26. The summed E-state index contributed by atoms with van der Waals surface area (Å²) < 4.78 is 10.5. The summed E-state index contributed by atoms with van der Waals surface area (Å²) in [6.07, 6.45) is 0.739. The summed E-state index contributed by atoms with van der Waals surface area (Å²) in [6.45, 7) is 11.5. The van der Waals surface area contributed by atoms with Crippen LogP contribution in [0.3, 0.4) is 0 Å². The molecule has 0 aliphatic carbocycles. The molecule has 0 unspecified atom stereocenters. The molecule has 0 radical (unpaired) electrons. The molecule has 0 aromatic rings. The van der Waals surface area contributed by atoms with Gasteiger partial charge in [0, 0.05) is 19.5 Å². The van der Waals surface area contributed by atoms with Crippen molar-refractivity contribution in [3.8, 4) is 0 Å². The Morgan fingerprint density at radius 1 is 1.04 bits per heavy atom. The Hall–Kier alpha value is -2.32. The van der Waals surface area contributed by atoms with Gasteiger partial charge in [-0.2, -0.15) is 0 Å². The highest BCUT2D eigenvalue weighted by molar-refractivity contribution is 5.98. The highest BCUT2D eigenvalue weighted by atomic mass is 16.6. The number of carbonyl (C=O) groups excluding carboxylic acids is 2. The van der Waals surface area contributed by atoms with Crippen LogP contribution in [0.15, 0.2) is 4.99 Å². The van der Waals surface area contributed by atoms with Gasteiger partial charge in [0.25, 0.3) is 0 Å². The quantitative estimate of drug-likeness (QED) is 0.552. The van der Waals surface area contributed by atoms with Crippen LogP contribution in [0, 0.1) is 5.92 Å². The molecule has 0 spiro atoms. The second kappa shape index (κ2) is 9.75. The van der Waals surface area contributed by atoms with Gasteiger partial charge in [0.2, 0.25) is 5.96 Å². The van der Waals surface area contributed by atoms with Crippen molar-refractivity contribution in [3.05, 3.63) is 0 Å². The molecule has 0 saturated carbocycles. The molecule has 9 nitrogen and oxygen atoms in total. The lowest BCUT2D eigenvalue weighted by molar-refractivity contribution is -0.137. The lowest BCUT2D eigenvalue weighted by Gasteiger charge is -2.34. The molecule has 2 N–H and O–H groups in total. The van der Waals surface area contributed by atoms with E-state index in [1.54, 1.807) is 46.4 Å². The zero-order valence-corrected chi connectivity index (χ0v) is 17.7. The fourth-order valence-corrected chi connectivity index (χ4v) is 2.70. The molecule has 1 fully saturated rings. The molecule has 0 aromatic carbocycles. The number of carbonyl (C=O) groups is 3. The number of aliphatic imine (C=N–C) groups is 1. The maximum absolute atomic E-state index is 12.2. The lowest BCUT2D eigenvalue weighted by atomic mass is 9.92. The third-order valence-electron chi connectivity index (χ3n) is 3.88. The fourth-order valence-electron chi connectivity index (χ4n) is 2.70. The van der Waals surface area contributed by atoms with Crippen molar-refractivity contribution >= 4 is 24.1 Å². The van der Waals surface area contributed by atoms with Crippen molar-refractivity contribution in [3.63, 3.8) is 0 Å². The Kier molecular flexibility index (Phi) is 8.26. The minimum atomic E-state index is -0.804. The molecule has 1 saturated heterocycles. The number of nitrogens with one attached hydrogen (secondary N) is 1. The molecule has 1 rings (SSSR count). The van der Waals surface area contributed by atoms with E-state index in [0.717, 1.165) is 12.8 Å². The standard InChI is InChI=1S/C19H33N3O6/c1-18(2,3)27-16(25)20-15(21-17(26)28-19(4,5)6)22-11-9-13(10-12-22)7-8-14(23)24/h13H,7-12H2,1-6H3,(H,23,24)(H,20,21,25,26). The highest BCUT2D eigenvalue weighted by Crippen LogP contribution is 2.22. The normalized spacial score (nSPS) is 16.5. The molecule has 0 bridgehead atoms. The molecular weight excluding hydrogens is 366 g/mol. The van der Waals surface area contributed by atoms with Gasteiger partial charge in [-0.05, 0) is 66.7 Å². The van der Waals surface area contributed by atoms with E-state index in [2.05, 4.69) is 10.3 Å². The van der Waals surface area contributed by atoms with Gasteiger partial charge < -0.3 is 19.5 Å². The van der Waals surface area contributed by atoms with Crippen LogP contribution >= 0.6 is 0 Å². The average Bonchev–Trinajstić information content (AvgIpc) is 2.49. The number of ether oxygens (including phenoxy) is 2. The summed E-state index contributed by atoms with van der Waals surface area (Å²) in [4.78, 5) is 40.7. The van der Waals surface area contributed by atoms with Crippen molar-refractivity contribution in [2.24, 2.45) is 10.9 Å². The first-order valence-electron chi connectivity index (χ1n) is 9.53. The number of hydrogen-bond donors (Lipinski definition) is 2. The smallest absolute Gasteiger partial charge is 0.437 e. The number of rotatable bonds is 3. The third-order valence-corrected chi connectivity index (χ3v) is 3.88. The summed E-state index contributed by atoms with van der Waals surface area (Å²) in [5.74, 6) is -0.432. The molecular formula is C19H33N3O6. The van der Waals surface area contributed by atoms with Gasteiger partial charge in [0.05, 0.1) is 0 Å². The molecule has 1 heterocycles. The SMILES string of the molecule is CC(C)(C)OC(=O)/N=C(\NC(=O)OC(C)(C)C)N1CCC(CCC(=O)O)CC1. The van der Waals surface area contributed by atoms with Crippen LogP contribution in [0.4, 0.5) is 9.59 Å². The van der Waals surface area contributed by atoms with Crippen LogP contribution in [0.1, 0.15) is 67.2 Å². The second-order valence-corrected chi connectivity index (χ2v) is 8.91. The van der Waals surface area contributed by atoms with Crippen molar-refractivity contribution < 1.29 is 29.0 Å². The van der Waals surface area contributed by atoms with E-state index in [0.29, 0.717) is 19.5 Å². The number of piperidine rings is 1. The minimum Gasteiger partial charge on any atom is -0.481 e. The van der Waals surface area contributed by atoms with Crippen LogP contribution in [0.2, 0.25) is 0 Å². The average molecular weight is 399 g/mol. The van der Waals surface area contributed by atoms with Gasteiger partial charge in [-0.1, -0.05) is 0 Å². The predicted octanol–water partition coefficient (Wildman–Crippen LogP) is 3.38. The minimum absolute atomic E-state index is 0.0835. The predicted molar refractivity (Wildman–Crippen MR) is 104 cm³/mol. The van der Waals surface area contributed by atoms with Crippen LogP contribution in [-0.4, -0.2) is 58.4 Å². The molecule has 9 heteroatoms. The van der Waals surface area contributed by atoms with Crippen molar-refractivity contribution in [1.29, 1.82) is 0 Å². The Morgan fingerprint density at radius 3 is 2.04 bits per heavy atom. The monoisotopic (exact) mass is 399 g/mol. The number of nitrogens with zero attached hydrogens (tertiary/aromatic N) is 2. The molecule has 2 amide bonds. The summed E-state index contributed by atoms with van der Waals surface area (Å²) in [5.41, 5.74) is -1.40. The van der Waals surface area contributed by atoms with Crippen molar-refractivity contribution in [2.45, 2.75) is 78.4 Å². The number of carboxylic acids is 1. The van der Waals surface area contributed by atoms with Crippen LogP contribution < -0.4 is 5.32 Å². The Labute approximate surface area is 166 Å². The molecule has 1 aliphatic rings. The molecule has 0 aromatic heterocycles. The van der Waals surface area contributed by atoms with Crippen LogP contribution in [0.5, 0.6) is 0 Å². The first kappa shape index (κ1) is 23.7. The fraction of sp³-hybridized carbons (Fsp3) is 0.789. The van der Waals surface area contributed by atoms with E-state index >= 15 is 0 Å². The topological polar surface area (TPSA) is 118 Å². The Bertz CT molecular complexity index is 596. The zero-order valence-electron chi connectivity index (χ0n) is 17.7. The van der Waals surface area contributed by atoms with E-state index in [4.69, 9.17) is 14.6 Å². The first-order chi connectivity index (χ1) is 12.7. The molecule has 1 aliphatic heterocycles. The van der Waals surface area contributed by atoms with Gasteiger partial charge in [0.15, 0.2) is 0 Å². The molecule has 0 atom stereocenters. The number of aliphatic carboxylic acids is 1. The maximum Gasteiger partial charge on any atom is 0.437 e. The van der Waals surface area contributed by atoms with Gasteiger partial charge in [-0.3, -0.25) is 10.1 Å². The summed E-state index contributed by atoms with van der Waals surface area (Å²) in [7, 11) is 0. The number of carboxylic acid groups (broad SMARTS) is 1. The maximum atomic E-state index is 12.2. The lowest BCUT2D eigenvalue weighted by Crippen LogP contribution is -2.49. The Morgan fingerprint density at radius 2 is 1.57 bits per heavy atom. The number of amides is 2. The van der Waals surface area contributed by atoms with Crippen LogP contribution in [0.25, 0.3) is 0 Å².